The van der Waals surface area contributed by atoms with Gasteiger partial charge in [0.05, 0.1) is 6.61 Å². The Morgan fingerprint density at radius 3 is 2.34 bits per heavy atom. The van der Waals surface area contributed by atoms with Gasteiger partial charge < -0.3 is 20.5 Å². The van der Waals surface area contributed by atoms with E-state index in [2.05, 4.69) is 0 Å². The molecule has 0 aliphatic heterocycles. The number of aliphatic hydroxyl groups excluding tert-OH is 2. The summed E-state index contributed by atoms with van der Waals surface area (Å²) in [5.41, 5.74) is 4.72. The highest BCUT2D eigenvalue weighted by molar-refractivity contribution is 7.80. The van der Waals surface area contributed by atoms with Gasteiger partial charge in [0.2, 0.25) is 0 Å². The van der Waals surface area contributed by atoms with Crippen LogP contribution in [0.3, 0.4) is 0 Å². The molecule has 0 radical (unpaired) electrons. The van der Waals surface area contributed by atoms with Crippen LogP contribution in [0.4, 0.5) is 22.0 Å². The summed E-state index contributed by atoms with van der Waals surface area (Å²) < 4.78 is 68.8. The van der Waals surface area contributed by atoms with Crippen molar-refractivity contribution in [2.45, 2.75) is 25.5 Å². The second-order valence-corrected chi connectivity index (χ2v) is 7.99. The van der Waals surface area contributed by atoms with Crippen molar-refractivity contribution in [1.29, 1.82) is 0 Å². The minimum Gasteiger partial charge on any atom is -0.395 e. The van der Waals surface area contributed by atoms with Crippen LogP contribution < -0.4 is 5.73 Å². The molecule has 3 rings (SSSR count). The van der Waals surface area contributed by atoms with E-state index in [1.54, 1.807) is 30.3 Å². The average molecular weight is 472 g/mol. The molecule has 1 atom stereocenters. The summed E-state index contributed by atoms with van der Waals surface area (Å²) >= 11 is 4.99. The van der Waals surface area contributed by atoms with Gasteiger partial charge in [0, 0.05) is 34.8 Å². The Morgan fingerprint density at radius 1 is 1.09 bits per heavy atom. The molecule has 2 aromatic carbocycles. The van der Waals surface area contributed by atoms with E-state index in [9.17, 15) is 32.2 Å². The highest BCUT2D eigenvalue weighted by Gasteiger charge is 2.49. The first-order valence-corrected chi connectivity index (χ1v) is 9.99. The van der Waals surface area contributed by atoms with E-state index in [4.69, 9.17) is 18.0 Å². The maximum Gasteiger partial charge on any atom is 0.253 e. The van der Waals surface area contributed by atoms with Crippen molar-refractivity contribution < 1.29 is 32.2 Å². The summed E-state index contributed by atoms with van der Waals surface area (Å²) in [7, 11) is 0. The third-order valence-electron chi connectivity index (χ3n) is 5.52. The van der Waals surface area contributed by atoms with Crippen molar-refractivity contribution in [3.8, 4) is 11.1 Å². The Hall–Kier alpha value is -2.56. The van der Waals surface area contributed by atoms with Gasteiger partial charge in [-0.2, -0.15) is 0 Å². The first-order chi connectivity index (χ1) is 15.1. The number of alkyl halides is 5. The van der Waals surface area contributed by atoms with Crippen LogP contribution in [-0.4, -0.2) is 45.9 Å². The van der Waals surface area contributed by atoms with E-state index in [0.717, 1.165) is 0 Å². The molecular formula is C22H21F5N2O2S. The lowest BCUT2D eigenvalue weighted by molar-refractivity contribution is -0.141. The Kier molecular flexibility index (Phi) is 7.16. The van der Waals surface area contributed by atoms with Crippen LogP contribution in [0.1, 0.15) is 17.2 Å². The molecule has 0 aliphatic rings. The van der Waals surface area contributed by atoms with Crippen molar-refractivity contribution in [1.82, 2.24) is 4.57 Å². The van der Waals surface area contributed by atoms with Gasteiger partial charge in [-0.15, -0.1) is 0 Å². The van der Waals surface area contributed by atoms with Gasteiger partial charge in [-0.3, -0.25) is 0 Å². The lowest BCUT2D eigenvalue weighted by atomic mass is 9.89. The van der Waals surface area contributed by atoms with E-state index in [1.807, 2.05) is 0 Å². The molecule has 0 amide bonds. The third-order valence-corrected chi connectivity index (χ3v) is 5.76. The topological polar surface area (TPSA) is 71.4 Å². The first kappa shape index (κ1) is 24.1. The number of hydrogen-bond donors (Lipinski definition) is 3. The fourth-order valence-corrected chi connectivity index (χ4v) is 3.67. The highest BCUT2D eigenvalue weighted by atomic mass is 32.1. The van der Waals surface area contributed by atoms with Gasteiger partial charge in [0.15, 0.2) is 0 Å². The summed E-state index contributed by atoms with van der Waals surface area (Å²) in [5.74, 6) is 0. The van der Waals surface area contributed by atoms with Crippen LogP contribution in [0.2, 0.25) is 0 Å². The molecule has 1 unspecified atom stereocenters. The van der Waals surface area contributed by atoms with Crippen LogP contribution >= 0.6 is 12.2 Å². The van der Waals surface area contributed by atoms with Gasteiger partial charge in [-0.1, -0.05) is 42.5 Å². The van der Waals surface area contributed by atoms with Gasteiger partial charge in [0.25, 0.3) is 12.9 Å². The van der Waals surface area contributed by atoms with Crippen LogP contribution in [0.5, 0.6) is 0 Å². The summed E-state index contributed by atoms with van der Waals surface area (Å²) in [6.07, 6.45) is -7.07. The number of aromatic nitrogens is 1. The Balaban J connectivity index is 2.25. The zero-order valence-electron chi connectivity index (χ0n) is 16.7. The number of nitrogens with zero attached hydrogens (tertiary/aromatic N) is 1. The number of thiocarbonyl (C=S) groups is 1. The summed E-state index contributed by atoms with van der Waals surface area (Å²) in [4.78, 5) is 0.138. The van der Waals surface area contributed by atoms with Crippen molar-refractivity contribution in [3.63, 3.8) is 0 Å². The summed E-state index contributed by atoms with van der Waals surface area (Å²) in [5, 5.41) is 19.8. The minimum atomic E-state index is -3.51. The fourth-order valence-electron chi connectivity index (χ4n) is 3.54. The molecule has 0 saturated heterocycles. The maximum absolute atomic E-state index is 13.7. The average Bonchev–Trinajstić information content (AvgIpc) is 3.13. The zero-order chi connectivity index (χ0) is 23.6. The van der Waals surface area contributed by atoms with Crippen molar-refractivity contribution in [2.75, 3.05) is 13.3 Å². The van der Waals surface area contributed by atoms with Gasteiger partial charge >= 0.3 is 0 Å². The second-order valence-electron chi connectivity index (χ2n) is 7.56. The molecule has 10 heteroatoms. The van der Waals surface area contributed by atoms with Gasteiger partial charge in [0.1, 0.15) is 23.2 Å². The predicted molar refractivity (Wildman–Crippen MR) is 116 cm³/mol. The van der Waals surface area contributed by atoms with Crippen LogP contribution in [0, 0.1) is 5.41 Å². The molecule has 3 aromatic rings. The van der Waals surface area contributed by atoms with E-state index in [0.29, 0.717) is 22.1 Å². The molecule has 0 fully saturated rings. The molecule has 4 N–H and O–H groups in total. The molecule has 1 heterocycles. The van der Waals surface area contributed by atoms with Crippen molar-refractivity contribution >= 4 is 28.1 Å². The van der Waals surface area contributed by atoms with Crippen LogP contribution in [0.25, 0.3) is 22.0 Å². The van der Waals surface area contributed by atoms with E-state index >= 15 is 0 Å². The number of fused-ring (bicyclic) bond motifs is 1. The van der Waals surface area contributed by atoms with Crippen LogP contribution in [0.15, 0.2) is 48.7 Å². The van der Waals surface area contributed by atoms with Crippen molar-refractivity contribution in [3.05, 3.63) is 59.8 Å². The van der Waals surface area contributed by atoms with E-state index in [1.165, 1.54) is 22.9 Å². The Bertz CT molecular complexity index is 1110. The number of rotatable bonds is 9. The molecule has 172 valence electrons. The number of aliphatic hydroxyl groups is 2. The van der Waals surface area contributed by atoms with E-state index in [-0.39, 0.29) is 16.1 Å². The summed E-state index contributed by atoms with van der Waals surface area (Å²) in [6, 6.07) is 11.1. The summed E-state index contributed by atoms with van der Waals surface area (Å²) in [6.45, 7) is -3.43. The number of nitrogens with two attached hydrogens (primary N) is 1. The van der Waals surface area contributed by atoms with E-state index < -0.39 is 44.2 Å². The molecule has 0 spiro atoms. The maximum atomic E-state index is 13.7. The SMILES string of the molecule is NC(=S)c1cccc(-c2cn(CC(CO)(C(F)F)C(F)F)c3cc(C(O)CF)ccc23)c1. The molecule has 0 bridgehead atoms. The lowest BCUT2D eigenvalue weighted by Crippen LogP contribution is -2.44. The largest absolute Gasteiger partial charge is 0.395 e. The second kappa shape index (κ2) is 9.51. The third kappa shape index (κ3) is 4.35. The molecule has 32 heavy (non-hydrogen) atoms. The standard InChI is InChI=1S/C22H21F5N2O2S/c23-8-18(31)13-4-5-15-16(12-2-1-3-14(6-12)19(28)32)9-29(17(15)7-13)10-22(11-30,20(24)25)21(26)27/h1-7,9,18,20-21,30-31H,8,10-11H2,(H2,28,32). The number of benzene rings is 2. The van der Waals surface area contributed by atoms with Gasteiger partial charge in [-0.25, -0.2) is 22.0 Å². The van der Waals surface area contributed by atoms with Gasteiger partial charge in [-0.05, 0) is 23.3 Å². The molecule has 1 aromatic heterocycles. The normalized spacial score (nSPS) is 13.3. The Labute approximate surface area is 186 Å². The molecule has 4 nitrogen and oxygen atoms in total. The quantitative estimate of drug-likeness (QED) is 0.318. The molecule has 0 saturated carbocycles. The first-order valence-electron chi connectivity index (χ1n) is 9.58. The predicted octanol–water partition coefficient (Wildman–Crippen LogP) is 4.45. The number of halogens is 5. The monoisotopic (exact) mass is 472 g/mol. The van der Waals surface area contributed by atoms with Crippen molar-refractivity contribution in [2.24, 2.45) is 11.1 Å². The molecule has 0 aliphatic carbocycles. The number of hydrogen-bond acceptors (Lipinski definition) is 3. The molecular weight excluding hydrogens is 451 g/mol. The lowest BCUT2D eigenvalue weighted by Gasteiger charge is -2.30. The highest BCUT2D eigenvalue weighted by Crippen LogP contribution is 2.39. The smallest absolute Gasteiger partial charge is 0.253 e. The minimum absolute atomic E-state index is 0.138. The fraction of sp³-hybridized carbons (Fsp3) is 0.318. The zero-order valence-corrected chi connectivity index (χ0v) is 17.5. The van der Waals surface area contributed by atoms with Crippen LogP contribution in [-0.2, 0) is 6.54 Å². The Morgan fingerprint density at radius 2 is 1.78 bits per heavy atom.